The van der Waals surface area contributed by atoms with Crippen LogP contribution in [0.5, 0.6) is 0 Å². The van der Waals surface area contributed by atoms with Crippen LogP contribution >= 0.6 is 0 Å². The average molecular weight is 916 g/mol. The molecule has 0 saturated heterocycles. The maximum Gasteiger partial charge on any atom is 0.252 e. The molecule has 0 aliphatic carbocycles. The Morgan fingerprint density at radius 2 is 0.500 bits per heavy atom. The summed E-state index contributed by atoms with van der Waals surface area (Å²) in [4.78, 5) is 5.08. The number of aromatic nitrogens is 3. The molecule has 0 fully saturated rings. The van der Waals surface area contributed by atoms with Gasteiger partial charge in [0.25, 0.3) is 6.71 Å². The number of fused-ring (bicyclic) bond motifs is 13. The van der Waals surface area contributed by atoms with Gasteiger partial charge in [-0.1, -0.05) is 158 Å². The SMILES string of the molecule is c1ccc(N2c3cc(-n4c5ccccc5c5ccccc54)ccc3B3c4ccc(-n5c6ccccc6c6ccccc65)cc4N(c4ccccc4)c4cc(-n5c6ccccc6c6ccccc65)cc2c43)cc1. The highest BCUT2D eigenvalue weighted by Crippen LogP contribution is 2.48. The lowest BCUT2D eigenvalue weighted by Gasteiger charge is -2.44. The second-order valence-corrected chi connectivity index (χ2v) is 19.3. The van der Waals surface area contributed by atoms with Crippen LogP contribution in [0, 0.1) is 0 Å². The number of para-hydroxylation sites is 8. The normalized spacial score (nSPS) is 12.9. The predicted molar refractivity (Wildman–Crippen MR) is 303 cm³/mol. The van der Waals surface area contributed by atoms with E-state index in [9.17, 15) is 0 Å². The van der Waals surface area contributed by atoms with Crippen molar-refractivity contribution in [1.82, 2.24) is 13.7 Å². The molecule has 0 amide bonds. The molecule has 0 radical (unpaired) electrons. The summed E-state index contributed by atoms with van der Waals surface area (Å²) < 4.78 is 7.39. The lowest BCUT2D eigenvalue weighted by atomic mass is 9.33. The topological polar surface area (TPSA) is 21.3 Å². The van der Waals surface area contributed by atoms with Gasteiger partial charge in [-0.3, -0.25) is 0 Å². The van der Waals surface area contributed by atoms with Crippen LogP contribution in [0.2, 0.25) is 0 Å². The molecule has 11 aromatic carbocycles. The first kappa shape index (κ1) is 39.3. The molecule has 0 unspecified atom stereocenters. The molecule has 72 heavy (non-hydrogen) atoms. The minimum Gasteiger partial charge on any atom is -0.311 e. The van der Waals surface area contributed by atoms with E-state index in [-0.39, 0.29) is 6.71 Å². The highest BCUT2D eigenvalue weighted by Gasteiger charge is 2.44. The van der Waals surface area contributed by atoms with Crippen LogP contribution in [-0.2, 0) is 0 Å². The van der Waals surface area contributed by atoms with Gasteiger partial charge >= 0.3 is 0 Å². The van der Waals surface area contributed by atoms with E-state index in [1.54, 1.807) is 0 Å². The molecule has 0 bridgehead atoms. The summed E-state index contributed by atoms with van der Waals surface area (Å²) in [6, 6.07) is 94.4. The Bertz CT molecular complexity index is 4150. The van der Waals surface area contributed by atoms with E-state index in [1.165, 1.54) is 81.8 Å². The van der Waals surface area contributed by atoms with Crippen LogP contribution in [0.1, 0.15) is 0 Å². The third kappa shape index (κ3) is 5.43. The van der Waals surface area contributed by atoms with Gasteiger partial charge in [-0.25, -0.2) is 0 Å². The van der Waals surface area contributed by atoms with Crippen LogP contribution in [0.25, 0.3) is 82.5 Å². The van der Waals surface area contributed by atoms with Crippen molar-refractivity contribution in [2.24, 2.45) is 0 Å². The van der Waals surface area contributed by atoms with Gasteiger partial charge in [0.15, 0.2) is 0 Å². The van der Waals surface area contributed by atoms with Crippen molar-refractivity contribution in [2.75, 3.05) is 9.80 Å². The van der Waals surface area contributed by atoms with Gasteiger partial charge in [-0.05, 0) is 113 Å². The molecule has 2 aliphatic heterocycles. The molecular formula is C66H42BN5. The second-order valence-electron chi connectivity index (χ2n) is 19.3. The highest BCUT2D eigenvalue weighted by atomic mass is 15.2. The zero-order chi connectivity index (χ0) is 47.0. The summed E-state index contributed by atoms with van der Waals surface area (Å²) in [6.07, 6.45) is 0. The molecule has 2 aliphatic rings. The Morgan fingerprint density at radius 1 is 0.222 bits per heavy atom. The molecule has 5 nitrogen and oxygen atoms in total. The number of benzene rings is 11. The average Bonchev–Trinajstić information content (AvgIpc) is 4.09. The second kappa shape index (κ2) is 15.0. The first-order chi connectivity index (χ1) is 35.8. The van der Waals surface area contributed by atoms with Crippen LogP contribution in [0.4, 0.5) is 34.1 Å². The molecule has 16 rings (SSSR count). The van der Waals surface area contributed by atoms with Crippen LogP contribution in [-0.4, -0.2) is 20.4 Å². The van der Waals surface area contributed by atoms with Crippen molar-refractivity contribution in [1.29, 1.82) is 0 Å². The smallest absolute Gasteiger partial charge is 0.252 e. The first-order valence-electron chi connectivity index (χ1n) is 24.9. The van der Waals surface area contributed by atoms with E-state index in [2.05, 4.69) is 278 Å². The van der Waals surface area contributed by atoms with Crippen molar-refractivity contribution < 1.29 is 0 Å². The Morgan fingerprint density at radius 3 is 0.833 bits per heavy atom. The van der Waals surface area contributed by atoms with E-state index < -0.39 is 0 Å². The zero-order valence-electron chi connectivity index (χ0n) is 39.1. The molecule has 14 aromatic rings. The van der Waals surface area contributed by atoms with Gasteiger partial charge < -0.3 is 23.5 Å². The molecule has 5 heterocycles. The Hall–Kier alpha value is -9.52. The van der Waals surface area contributed by atoms with Crippen LogP contribution in [0.15, 0.2) is 255 Å². The van der Waals surface area contributed by atoms with Gasteiger partial charge in [0.1, 0.15) is 0 Å². The van der Waals surface area contributed by atoms with E-state index in [0.717, 1.165) is 51.2 Å². The maximum absolute atomic E-state index is 2.54. The van der Waals surface area contributed by atoms with E-state index in [1.807, 2.05) is 0 Å². The van der Waals surface area contributed by atoms with Gasteiger partial charge in [-0.15, -0.1) is 0 Å². The van der Waals surface area contributed by atoms with E-state index in [4.69, 9.17) is 0 Å². The molecule has 3 aromatic heterocycles. The van der Waals surface area contributed by atoms with Gasteiger partial charge in [0, 0.05) is 77.8 Å². The molecule has 0 spiro atoms. The summed E-state index contributed by atoms with van der Waals surface area (Å²) in [5.41, 5.74) is 21.1. The minimum atomic E-state index is -0.0912. The largest absolute Gasteiger partial charge is 0.311 e. The Kier molecular flexibility index (Phi) is 8.19. The predicted octanol–water partition coefficient (Wildman–Crippen LogP) is 15.1. The summed E-state index contributed by atoms with van der Waals surface area (Å²) in [5, 5.41) is 7.46. The van der Waals surface area contributed by atoms with E-state index >= 15 is 0 Å². The van der Waals surface area contributed by atoms with Crippen molar-refractivity contribution in [3.63, 3.8) is 0 Å². The van der Waals surface area contributed by atoms with Crippen molar-refractivity contribution in [2.45, 2.75) is 0 Å². The lowest BCUT2D eigenvalue weighted by molar-refractivity contribution is 1.15. The number of anilines is 6. The maximum atomic E-state index is 2.54. The fraction of sp³-hybridized carbons (Fsp3) is 0. The lowest BCUT2D eigenvalue weighted by Crippen LogP contribution is -2.61. The van der Waals surface area contributed by atoms with Crippen molar-refractivity contribution >= 4 is 123 Å². The van der Waals surface area contributed by atoms with Gasteiger partial charge in [0.2, 0.25) is 0 Å². The molecule has 6 heteroatoms. The fourth-order valence-corrected chi connectivity index (χ4v) is 12.7. The molecule has 0 N–H and O–H groups in total. The standard InChI is InChI=1S/C66H42BN5/c1-3-19-43(20-4-1)68-62-39-45(70-56-29-13-7-23-48(56)49-24-8-14-30-57(49)70)35-37-54(62)67-55-38-36-46(71-58-31-15-9-25-50(58)51-26-10-16-32-59(51)71)40-63(55)69(44-21-5-2-6-22-44)65-42-47(41-64(68)66(65)67)72-60-33-17-11-27-52(60)53-28-12-18-34-61(53)72/h1-42H. The van der Waals surface area contributed by atoms with Crippen molar-refractivity contribution in [3.05, 3.63) is 255 Å². The summed E-state index contributed by atoms with van der Waals surface area (Å²) in [6.45, 7) is -0.0912. The van der Waals surface area contributed by atoms with Crippen LogP contribution in [0.3, 0.4) is 0 Å². The number of rotatable bonds is 5. The van der Waals surface area contributed by atoms with Crippen LogP contribution < -0.4 is 26.2 Å². The first-order valence-corrected chi connectivity index (χ1v) is 24.9. The summed E-state index contributed by atoms with van der Waals surface area (Å²) in [5.74, 6) is 0. The molecule has 334 valence electrons. The Balaban J connectivity index is 1.04. The minimum absolute atomic E-state index is 0.0912. The summed E-state index contributed by atoms with van der Waals surface area (Å²) >= 11 is 0. The molecule has 0 saturated carbocycles. The molecular weight excluding hydrogens is 874 g/mol. The van der Waals surface area contributed by atoms with Gasteiger partial charge in [-0.2, -0.15) is 0 Å². The zero-order valence-corrected chi connectivity index (χ0v) is 39.1. The van der Waals surface area contributed by atoms with E-state index in [0.29, 0.717) is 0 Å². The number of hydrogen-bond donors (Lipinski definition) is 0. The number of nitrogens with zero attached hydrogens (tertiary/aromatic N) is 5. The third-order valence-corrected chi connectivity index (χ3v) is 15.6. The van der Waals surface area contributed by atoms with Crippen molar-refractivity contribution in [3.8, 4) is 17.1 Å². The number of hydrogen-bond acceptors (Lipinski definition) is 2. The third-order valence-electron chi connectivity index (χ3n) is 15.6. The highest BCUT2D eigenvalue weighted by molar-refractivity contribution is 7.00. The Labute approximate surface area is 416 Å². The fourth-order valence-electron chi connectivity index (χ4n) is 12.7. The van der Waals surface area contributed by atoms with Gasteiger partial charge in [0.05, 0.1) is 38.8 Å². The quantitative estimate of drug-likeness (QED) is 0.160. The molecule has 0 atom stereocenters. The monoisotopic (exact) mass is 915 g/mol. The summed E-state index contributed by atoms with van der Waals surface area (Å²) in [7, 11) is 0.